The van der Waals surface area contributed by atoms with Crippen LogP contribution in [0.15, 0.2) is 42.5 Å². The topological polar surface area (TPSA) is 49.4 Å². The van der Waals surface area contributed by atoms with E-state index in [1.807, 2.05) is 51.1 Å². The maximum atomic E-state index is 13.1. The predicted octanol–water partition coefficient (Wildman–Crippen LogP) is 4.05. The van der Waals surface area contributed by atoms with E-state index in [9.17, 15) is 9.59 Å². The van der Waals surface area contributed by atoms with E-state index in [-0.39, 0.29) is 18.2 Å². The molecule has 1 N–H and O–H groups in total. The summed E-state index contributed by atoms with van der Waals surface area (Å²) in [4.78, 5) is 27.1. The third-order valence-corrected chi connectivity index (χ3v) is 4.88. The van der Waals surface area contributed by atoms with Crippen molar-refractivity contribution in [1.82, 2.24) is 10.2 Å². The Morgan fingerprint density at radius 3 is 2.41 bits per heavy atom. The van der Waals surface area contributed by atoms with E-state index in [1.165, 1.54) is 0 Å². The van der Waals surface area contributed by atoms with Crippen LogP contribution in [0.4, 0.5) is 0 Å². The van der Waals surface area contributed by atoms with Crippen LogP contribution in [-0.2, 0) is 22.6 Å². The Morgan fingerprint density at radius 1 is 1.11 bits per heavy atom. The first kappa shape index (κ1) is 21.0. The van der Waals surface area contributed by atoms with Crippen LogP contribution in [0.2, 0.25) is 5.02 Å². The van der Waals surface area contributed by atoms with Gasteiger partial charge >= 0.3 is 0 Å². The minimum absolute atomic E-state index is 0.0718. The minimum atomic E-state index is -0.557. The van der Waals surface area contributed by atoms with Crippen LogP contribution in [-0.4, -0.2) is 29.3 Å². The molecule has 2 rings (SSSR count). The maximum absolute atomic E-state index is 13.1. The number of rotatable bonds is 7. The van der Waals surface area contributed by atoms with Crippen LogP contribution in [0.3, 0.4) is 0 Å². The van der Waals surface area contributed by atoms with Crippen LogP contribution in [0.25, 0.3) is 0 Å². The smallest absolute Gasteiger partial charge is 0.242 e. The highest BCUT2D eigenvalue weighted by molar-refractivity contribution is 6.30. The Balaban J connectivity index is 2.26. The largest absolute Gasteiger partial charge is 0.355 e. The SMILES string of the molecule is CCNC(=O)C(C)N(Cc1ccc(Cl)cc1)C(=O)Cc1cc(C)ccc1C. The molecule has 0 saturated carbocycles. The molecule has 0 radical (unpaired) electrons. The van der Waals surface area contributed by atoms with E-state index in [0.717, 1.165) is 22.3 Å². The second-order valence-corrected chi connectivity index (χ2v) is 7.26. The number of likely N-dealkylation sites (N-methyl/N-ethyl adjacent to an activating group) is 1. The average Bonchev–Trinajstić information content (AvgIpc) is 2.63. The van der Waals surface area contributed by atoms with E-state index >= 15 is 0 Å². The molecule has 2 aromatic carbocycles. The summed E-state index contributed by atoms with van der Waals surface area (Å²) in [7, 11) is 0. The van der Waals surface area contributed by atoms with Crippen LogP contribution in [0, 0.1) is 13.8 Å². The summed E-state index contributed by atoms with van der Waals surface area (Å²) in [5, 5.41) is 3.45. The van der Waals surface area contributed by atoms with Crippen molar-refractivity contribution in [1.29, 1.82) is 0 Å². The first-order valence-corrected chi connectivity index (χ1v) is 9.57. The molecule has 4 nitrogen and oxygen atoms in total. The van der Waals surface area contributed by atoms with Gasteiger partial charge in [0, 0.05) is 18.1 Å². The van der Waals surface area contributed by atoms with Gasteiger partial charge in [-0.3, -0.25) is 9.59 Å². The summed E-state index contributed by atoms with van der Waals surface area (Å²) in [6.45, 7) is 8.53. The van der Waals surface area contributed by atoms with Gasteiger partial charge in [0.05, 0.1) is 6.42 Å². The molecule has 0 bridgehead atoms. The third-order valence-electron chi connectivity index (χ3n) is 4.63. The summed E-state index contributed by atoms with van der Waals surface area (Å²) in [5.74, 6) is -0.224. The third kappa shape index (κ3) is 5.83. The first-order chi connectivity index (χ1) is 12.8. The lowest BCUT2D eigenvalue weighted by Gasteiger charge is -2.29. The van der Waals surface area contributed by atoms with Crippen LogP contribution < -0.4 is 5.32 Å². The Labute approximate surface area is 166 Å². The Hall–Kier alpha value is -2.33. The van der Waals surface area contributed by atoms with Gasteiger partial charge in [-0.1, -0.05) is 47.5 Å². The summed E-state index contributed by atoms with van der Waals surface area (Å²) in [6.07, 6.45) is 0.269. The van der Waals surface area contributed by atoms with Crippen LogP contribution in [0.5, 0.6) is 0 Å². The molecule has 2 aromatic rings. The Bertz CT molecular complexity index is 802. The lowest BCUT2D eigenvalue weighted by Crippen LogP contribution is -2.48. The van der Waals surface area contributed by atoms with Crippen molar-refractivity contribution < 1.29 is 9.59 Å². The molecule has 1 atom stereocenters. The van der Waals surface area contributed by atoms with Gasteiger partial charge in [0.25, 0.3) is 0 Å². The number of nitrogens with zero attached hydrogens (tertiary/aromatic N) is 1. The first-order valence-electron chi connectivity index (χ1n) is 9.19. The fourth-order valence-corrected chi connectivity index (χ4v) is 3.07. The second-order valence-electron chi connectivity index (χ2n) is 6.83. The molecule has 0 aliphatic heterocycles. The van der Waals surface area contributed by atoms with Gasteiger partial charge in [-0.05, 0) is 56.5 Å². The molecule has 0 saturated heterocycles. The van der Waals surface area contributed by atoms with E-state index in [0.29, 0.717) is 18.1 Å². The number of aryl methyl sites for hydroxylation is 2. The molecule has 5 heteroatoms. The van der Waals surface area contributed by atoms with Crippen molar-refractivity contribution in [3.8, 4) is 0 Å². The zero-order valence-corrected chi connectivity index (χ0v) is 17.1. The molecular weight excluding hydrogens is 360 g/mol. The van der Waals surface area contributed by atoms with Crippen molar-refractivity contribution in [2.45, 2.75) is 46.7 Å². The highest BCUT2D eigenvalue weighted by atomic mass is 35.5. The van der Waals surface area contributed by atoms with Crippen LogP contribution in [0.1, 0.15) is 36.1 Å². The average molecular weight is 387 g/mol. The van der Waals surface area contributed by atoms with E-state index < -0.39 is 6.04 Å². The Morgan fingerprint density at radius 2 is 1.78 bits per heavy atom. The summed E-state index contributed by atoms with van der Waals surface area (Å²) < 4.78 is 0. The maximum Gasteiger partial charge on any atom is 0.242 e. The lowest BCUT2D eigenvalue weighted by molar-refractivity contribution is -0.140. The number of halogens is 1. The molecule has 0 aliphatic rings. The number of nitrogens with one attached hydrogen (secondary N) is 1. The van der Waals surface area contributed by atoms with Crippen molar-refractivity contribution in [3.05, 3.63) is 69.7 Å². The molecule has 0 aromatic heterocycles. The molecule has 0 fully saturated rings. The highest BCUT2D eigenvalue weighted by Gasteiger charge is 2.26. The quantitative estimate of drug-likeness (QED) is 0.780. The van der Waals surface area contributed by atoms with Gasteiger partial charge in [0.15, 0.2) is 0 Å². The predicted molar refractivity (Wildman–Crippen MR) is 110 cm³/mol. The molecule has 1 unspecified atom stereocenters. The van der Waals surface area contributed by atoms with Gasteiger partial charge in [-0.25, -0.2) is 0 Å². The number of benzene rings is 2. The van der Waals surface area contributed by atoms with E-state index in [4.69, 9.17) is 11.6 Å². The highest BCUT2D eigenvalue weighted by Crippen LogP contribution is 2.17. The zero-order valence-electron chi connectivity index (χ0n) is 16.4. The van der Waals surface area contributed by atoms with Gasteiger partial charge in [-0.15, -0.1) is 0 Å². The standard InChI is InChI=1S/C22H27ClN2O2/c1-5-24-22(27)17(4)25(14-18-8-10-20(23)11-9-18)21(26)13-19-12-15(2)6-7-16(19)3/h6-12,17H,5,13-14H2,1-4H3,(H,24,27). The van der Waals surface area contributed by atoms with Crippen molar-refractivity contribution in [3.63, 3.8) is 0 Å². The van der Waals surface area contributed by atoms with Gasteiger partial charge in [-0.2, -0.15) is 0 Å². The van der Waals surface area contributed by atoms with Crippen molar-refractivity contribution in [2.75, 3.05) is 6.54 Å². The normalized spacial score (nSPS) is 11.7. The van der Waals surface area contributed by atoms with Gasteiger partial charge < -0.3 is 10.2 Å². The number of carbonyl (C=O) groups excluding carboxylic acids is 2. The number of amides is 2. The fourth-order valence-electron chi connectivity index (χ4n) is 2.95. The van der Waals surface area contributed by atoms with Gasteiger partial charge in [0.2, 0.25) is 11.8 Å². The van der Waals surface area contributed by atoms with Crippen LogP contribution >= 0.6 is 11.6 Å². The lowest BCUT2D eigenvalue weighted by atomic mass is 10.0. The monoisotopic (exact) mass is 386 g/mol. The second kappa shape index (κ2) is 9.56. The number of hydrogen-bond acceptors (Lipinski definition) is 2. The van der Waals surface area contributed by atoms with Gasteiger partial charge in [0.1, 0.15) is 6.04 Å². The van der Waals surface area contributed by atoms with E-state index in [2.05, 4.69) is 5.32 Å². The summed E-state index contributed by atoms with van der Waals surface area (Å²) >= 11 is 5.96. The van der Waals surface area contributed by atoms with Crippen molar-refractivity contribution in [2.24, 2.45) is 0 Å². The Kier molecular flexibility index (Phi) is 7.43. The molecule has 2 amide bonds. The number of hydrogen-bond donors (Lipinski definition) is 1. The summed E-state index contributed by atoms with van der Waals surface area (Å²) in [5.41, 5.74) is 4.12. The molecule has 144 valence electrons. The molecule has 27 heavy (non-hydrogen) atoms. The molecule has 0 spiro atoms. The fraction of sp³-hybridized carbons (Fsp3) is 0.364. The van der Waals surface area contributed by atoms with Crippen molar-refractivity contribution >= 4 is 23.4 Å². The van der Waals surface area contributed by atoms with E-state index in [1.54, 1.807) is 24.0 Å². The minimum Gasteiger partial charge on any atom is -0.355 e. The summed E-state index contributed by atoms with van der Waals surface area (Å²) in [6, 6.07) is 12.9. The molecule has 0 heterocycles. The zero-order chi connectivity index (χ0) is 20.0. The molecular formula is C22H27ClN2O2. The number of carbonyl (C=O) groups is 2. The molecule has 0 aliphatic carbocycles.